The van der Waals surface area contributed by atoms with Gasteiger partial charge in [-0.2, -0.15) is 12.8 Å². The van der Waals surface area contributed by atoms with E-state index in [1.165, 1.54) is 0 Å². The second-order valence-corrected chi connectivity index (χ2v) is 2.05. The fraction of sp³-hybridized carbons (Fsp3) is 0.667. The van der Waals surface area contributed by atoms with Crippen molar-refractivity contribution < 1.29 is 35.7 Å². The first kappa shape index (κ1) is 13.8. The minimum atomic E-state index is -0.965. The van der Waals surface area contributed by atoms with Crippen LogP contribution in [0, 0.1) is 6.42 Å². The van der Waals surface area contributed by atoms with Gasteiger partial charge in [0.05, 0.1) is 6.04 Å². The zero-order chi connectivity index (χ0) is 7.98. The van der Waals surface area contributed by atoms with E-state index in [0.29, 0.717) is 13.0 Å². The first-order valence-electron chi connectivity index (χ1n) is 3.18. The van der Waals surface area contributed by atoms with Gasteiger partial charge in [0.1, 0.15) is 0 Å². The van der Waals surface area contributed by atoms with Gasteiger partial charge in [-0.3, -0.25) is 4.79 Å². The van der Waals surface area contributed by atoms with Crippen molar-refractivity contribution in [3.05, 3.63) is 6.42 Å². The van der Waals surface area contributed by atoms with Crippen LogP contribution < -0.4 is 11.5 Å². The van der Waals surface area contributed by atoms with Crippen LogP contribution in [-0.4, -0.2) is 23.7 Å². The van der Waals surface area contributed by atoms with Crippen molar-refractivity contribution in [2.75, 3.05) is 6.54 Å². The predicted molar refractivity (Wildman–Crippen MR) is 38.2 cm³/mol. The maximum atomic E-state index is 10.1. The Morgan fingerprint density at radius 1 is 1.64 bits per heavy atom. The second-order valence-electron chi connectivity index (χ2n) is 2.05. The predicted octanol–water partition coefficient (Wildman–Crippen LogP) is -0.661. The number of carboxylic acid groups (broad SMARTS) is 1. The van der Waals surface area contributed by atoms with E-state index in [-0.39, 0.29) is 25.8 Å². The SMILES string of the molecule is NCC[CH-]C[C@H](N)C(=O)O.[Hf]. The Labute approximate surface area is 85.1 Å². The van der Waals surface area contributed by atoms with Crippen molar-refractivity contribution in [2.24, 2.45) is 11.5 Å². The van der Waals surface area contributed by atoms with Gasteiger partial charge in [-0.05, 0) is 6.54 Å². The third-order valence-electron chi connectivity index (χ3n) is 1.11. The van der Waals surface area contributed by atoms with Crippen molar-refractivity contribution in [3.8, 4) is 0 Å². The van der Waals surface area contributed by atoms with E-state index in [0.717, 1.165) is 6.42 Å². The first-order chi connectivity index (χ1) is 4.68. The van der Waals surface area contributed by atoms with E-state index < -0.39 is 12.0 Å². The molecular formula is C6H13HfN2O2-. The van der Waals surface area contributed by atoms with Gasteiger partial charge in [0.15, 0.2) is 0 Å². The first-order valence-corrected chi connectivity index (χ1v) is 3.18. The van der Waals surface area contributed by atoms with Crippen molar-refractivity contribution in [2.45, 2.75) is 18.9 Å². The standard InChI is InChI=1S/C6H13N2O2.Hf/c7-4-2-1-3-5(8)6(9)10;/h1,5H,2-4,7-8H2,(H,9,10);/q-1;/t5-;/m0./s1. The maximum Gasteiger partial charge on any atom is 0.317 e. The monoisotopic (exact) mass is 325 g/mol. The zero-order valence-corrected chi connectivity index (χ0v) is 9.88. The molecule has 5 heteroatoms. The van der Waals surface area contributed by atoms with E-state index in [1.54, 1.807) is 6.42 Å². The Balaban J connectivity index is 0. The number of hydrogen-bond acceptors (Lipinski definition) is 3. The smallest absolute Gasteiger partial charge is 0.317 e. The normalized spacial score (nSPS) is 11.8. The summed E-state index contributed by atoms with van der Waals surface area (Å²) in [6.07, 6.45) is 2.91. The van der Waals surface area contributed by atoms with Crippen LogP contribution in [0.25, 0.3) is 0 Å². The molecule has 0 heterocycles. The van der Waals surface area contributed by atoms with Crippen LogP contribution in [0.5, 0.6) is 0 Å². The van der Waals surface area contributed by atoms with Gasteiger partial charge < -0.3 is 23.0 Å². The molecule has 0 bridgehead atoms. The molecule has 4 nitrogen and oxygen atoms in total. The molecule has 0 saturated carbocycles. The molecule has 0 aromatic carbocycles. The minimum absolute atomic E-state index is 0. The Kier molecular flexibility index (Phi) is 10.5. The number of hydrogen-bond donors (Lipinski definition) is 3. The Morgan fingerprint density at radius 2 is 2.18 bits per heavy atom. The fourth-order valence-corrected chi connectivity index (χ4v) is 0.516. The summed E-state index contributed by atoms with van der Waals surface area (Å²) in [7, 11) is 0. The average Bonchev–Trinajstić information content (AvgIpc) is 1.88. The number of carbonyl (C=O) groups is 1. The van der Waals surface area contributed by atoms with Gasteiger partial charge in [-0.15, -0.1) is 0 Å². The van der Waals surface area contributed by atoms with Crippen molar-refractivity contribution >= 4 is 5.97 Å². The van der Waals surface area contributed by atoms with E-state index in [1.807, 2.05) is 0 Å². The van der Waals surface area contributed by atoms with Gasteiger partial charge in [0.25, 0.3) is 0 Å². The molecule has 0 saturated heterocycles. The molecule has 0 aromatic heterocycles. The molecule has 0 aromatic rings. The molecule has 0 fully saturated rings. The molecule has 5 N–H and O–H groups in total. The van der Waals surface area contributed by atoms with Gasteiger partial charge in [0.2, 0.25) is 0 Å². The molecule has 64 valence electrons. The Hall–Kier alpha value is 0.260. The third-order valence-corrected chi connectivity index (χ3v) is 1.11. The van der Waals surface area contributed by atoms with E-state index in [9.17, 15) is 4.79 Å². The van der Waals surface area contributed by atoms with Gasteiger partial charge in [0, 0.05) is 25.8 Å². The summed E-state index contributed by atoms with van der Waals surface area (Å²) in [4.78, 5) is 10.1. The molecule has 1 atom stereocenters. The summed E-state index contributed by atoms with van der Waals surface area (Å²) >= 11 is 0. The molecule has 0 amide bonds. The quantitative estimate of drug-likeness (QED) is 0.356. The number of carboxylic acids is 1. The fourth-order valence-electron chi connectivity index (χ4n) is 0.516. The van der Waals surface area contributed by atoms with Crippen LogP contribution in [0.4, 0.5) is 0 Å². The van der Waals surface area contributed by atoms with E-state index in [2.05, 4.69) is 0 Å². The second kappa shape index (κ2) is 8.36. The molecule has 0 radical (unpaired) electrons. The largest absolute Gasteiger partial charge is 0.480 e. The van der Waals surface area contributed by atoms with Gasteiger partial charge >= 0.3 is 5.97 Å². The van der Waals surface area contributed by atoms with Crippen molar-refractivity contribution in [1.82, 2.24) is 0 Å². The van der Waals surface area contributed by atoms with Crippen LogP contribution in [0.15, 0.2) is 0 Å². The molecule has 11 heavy (non-hydrogen) atoms. The van der Waals surface area contributed by atoms with E-state index >= 15 is 0 Å². The number of aliphatic carboxylic acids is 1. The van der Waals surface area contributed by atoms with Crippen LogP contribution in [-0.2, 0) is 30.6 Å². The van der Waals surface area contributed by atoms with Crippen molar-refractivity contribution in [1.29, 1.82) is 0 Å². The number of rotatable bonds is 5. The summed E-state index contributed by atoms with van der Waals surface area (Å²) in [5.74, 6) is -0.965. The average molecular weight is 324 g/mol. The summed E-state index contributed by atoms with van der Waals surface area (Å²) in [6.45, 7) is 0.548. The van der Waals surface area contributed by atoms with Crippen LogP contribution in [0.3, 0.4) is 0 Å². The molecule has 0 spiro atoms. The van der Waals surface area contributed by atoms with Crippen LogP contribution >= 0.6 is 0 Å². The molecule has 0 rings (SSSR count). The molecule has 0 aliphatic carbocycles. The molecule has 0 unspecified atom stereocenters. The minimum Gasteiger partial charge on any atom is -0.480 e. The number of nitrogens with two attached hydrogens (primary N) is 2. The number of unbranched alkanes of at least 4 members (excludes halogenated alkanes) is 1. The zero-order valence-electron chi connectivity index (χ0n) is 6.29. The molecule has 0 aliphatic heterocycles. The summed E-state index contributed by atoms with van der Waals surface area (Å²) in [6, 6.07) is -0.772. The topological polar surface area (TPSA) is 89.3 Å². The van der Waals surface area contributed by atoms with E-state index in [4.69, 9.17) is 16.6 Å². The van der Waals surface area contributed by atoms with Gasteiger partial charge in [-0.25, -0.2) is 0 Å². The molecule has 0 aliphatic rings. The maximum absolute atomic E-state index is 10.1. The van der Waals surface area contributed by atoms with Crippen molar-refractivity contribution in [3.63, 3.8) is 0 Å². The van der Waals surface area contributed by atoms with Crippen LogP contribution in [0.2, 0.25) is 0 Å². The summed E-state index contributed by atoms with van der Waals surface area (Å²) < 4.78 is 0. The third kappa shape index (κ3) is 8.16. The van der Waals surface area contributed by atoms with Gasteiger partial charge in [-0.1, -0.05) is 0 Å². The Bertz CT molecular complexity index is 111. The summed E-state index contributed by atoms with van der Waals surface area (Å²) in [5.41, 5.74) is 10.4. The Morgan fingerprint density at radius 3 is 2.55 bits per heavy atom. The molecular weight excluding hydrogens is 311 g/mol. The van der Waals surface area contributed by atoms with Crippen LogP contribution in [0.1, 0.15) is 12.8 Å². The summed E-state index contributed by atoms with van der Waals surface area (Å²) in [5, 5.41) is 8.31.